The van der Waals surface area contributed by atoms with Crippen LogP contribution >= 0.6 is 27.3 Å². The molecule has 2 aromatic heterocycles. The SMILES string of the molecule is COc1nc2sc(Br)nc2c(C)c1F. The van der Waals surface area contributed by atoms with E-state index in [9.17, 15) is 4.39 Å². The van der Waals surface area contributed by atoms with Crippen LogP contribution in [0, 0.1) is 12.7 Å². The largest absolute Gasteiger partial charge is 0.479 e. The van der Waals surface area contributed by atoms with Crippen LogP contribution in [0.5, 0.6) is 5.88 Å². The number of fused-ring (bicyclic) bond motifs is 1. The summed E-state index contributed by atoms with van der Waals surface area (Å²) < 4.78 is 19.0. The van der Waals surface area contributed by atoms with Gasteiger partial charge in [0.2, 0.25) is 0 Å². The molecule has 6 heteroatoms. The van der Waals surface area contributed by atoms with Gasteiger partial charge in [0, 0.05) is 5.56 Å². The van der Waals surface area contributed by atoms with Gasteiger partial charge in [0.25, 0.3) is 5.88 Å². The Kier molecular flexibility index (Phi) is 2.40. The van der Waals surface area contributed by atoms with E-state index < -0.39 is 5.82 Å². The first-order chi connectivity index (χ1) is 6.63. The minimum atomic E-state index is -0.446. The molecule has 0 amide bonds. The predicted octanol–water partition coefficient (Wildman–Crippen LogP) is 2.91. The standard InChI is InChI=1S/C8H6BrFN2OS/c1-3-4(10)6(13-2)12-7-5(3)11-8(9)14-7/h1-2H3. The van der Waals surface area contributed by atoms with E-state index in [4.69, 9.17) is 4.74 Å². The second kappa shape index (κ2) is 3.43. The highest BCUT2D eigenvalue weighted by Gasteiger charge is 2.15. The topological polar surface area (TPSA) is 35.0 Å². The Morgan fingerprint density at radius 1 is 1.43 bits per heavy atom. The molecule has 3 nitrogen and oxygen atoms in total. The van der Waals surface area contributed by atoms with Crippen LogP contribution in [0.3, 0.4) is 0 Å². The summed E-state index contributed by atoms with van der Waals surface area (Å²) in [7, 11) is 1.40. The number of hydrogen-bond donors (Lipinski definition) is 0. The summed E-state index contributed by atoms with van der Waals surface area (Å²) in [6, 6.07) is 0. The van der Waals surface area contributed by atoms with Crippen LogP contribution in [0.25, 0.3) is 10.3 Å². The van der Waals surface area contributed by atoms with Gasteiger partial charge in [-0.2, -0.15) is 4.98 Å². The predicted molar refractivity (Wildman–Crippen MR) is 56.4 cm³/mol. The lowest BCUT2D eigenvalue weighted by molar-refractivity contribution is 0.370. The quantitative estimate of drug-likeness (QED) is 0.804. The molecule has 0 bridgehead atoms. The molecule has 14 heavy (non-hydrogen) atoms. The number of aromatic nitrogens is 2. The van der Waals surface area contributed by atoms with Gasteiger partial charge in [-0.15, -0.1) is 0 Å². The second-order valence-corrected chi connectivity index (χ2v) is 4.93. The lowest BCUT2D eigenvalue weighted by Gasteiger charge is -2.02. The minimum Gasteiger partial charge on any atom is -0.479 e. The van der Waals surface area contributed by atoms with Gasteiger partial charge in [-0.1, -0.05) is 11.3 Å². The summed E-state index contributed by atoms with van der Waals surface area (Å²) in [6.45, 7) is 1.66. The molecule has 74 valence electrons. The first-order valence-electron chi connectivity index (χ1n) is 3.79. The summed E-state index contributed by atoms with van der Waals surface area (Å²) in [5.41, 5.74) is 1.05. The molecule has 0 fully saturated rings. The number of halogens is 2. The molecular weight excluding hydrogens is 271 g/mol. The van der Waals surface area contributed by atoms with Crippen LogP contribution in [0.15, 0.2) is 3.92 Å². The van der Waals surface area contributed by atoms with E-state index >= 15 is 0 Å². The monoisotopic (exact) mass is 276 g/mol. The van der Waals surface area contributed by atoms with Gasteiger partial charge in [0.1, 0.15) is 10.3 Å². The summed E-state index contributed by atoms with van der Waals surface area (Å²) in [4.78, 5) is 8.80. The average molecular weight is 277 g/mol. The van der Waals surface area contributed by atoms with Crippen molar-refractivity contribution in [2.24, 2.45) is 0 Å². The molecular formula is C8H6BrFN2OS. The summed E-state index contributed by atoms with van der Waals surface area (Å²) >= 11 is 4.59. The van der Waals surface area contributed by atoms with Crippen LogP contribution in [0.2, 0.25) is 0 Å². The summed E-state index contributed by atoms with van der Waals surface area (Å²) in [6.07, 6.45) is 0. The molecule has 2 rings (SSSR count). The van der Waals surface area contributed by atoms with E-state index in [0.29, 0.717) is 19.8 Å². The Morgan fingerprint density at radius 3 is 2.79 bits per heavy atom. The molecule has 0 aliphatic carbocycles. The van der Waals surface area contributed by atoms with Crippen molar-refractivity contribution in [3.05, 3.63) is 15.3 Å². The Balaban J connectivity index is 2.84. The van der Waals surface area contributed by atoms with Crippen molar-refractivity contribution in [1.82, 2.24) is 9.97 Å². The maximum atomic E-state index is 13.5. The van der Waals surface area contributed by atoms with E-state index in [-0.39, 0.29) is 5.88 Å². The number of thiazole rings is 1. The summed E-state index contributed by atoms with van der Waals surface area (Å²) in [5, 5.41) is 0. The van der Waals surface area contributed by atoms with E-state index in [1.165, 1.54) is 18.4 Å². The highest BCUT2D eigenvalue weighted by Crippen LogP contribution is 2.31. The van der Waals surface area contributed by atoms with Crippen molar-refractivity contribution in [2.45, 2.75) is 6.92 Å². The van der Waals surface area contributed by atoms with E-state index in [2.05, 4.69) is 25.9 Å². The molecule has 0 saturated heterocycles. The van der Waals surface area contributed by atoms with E-state index in [0.717, 1.165) is 0 Å². The third kappa shape index (κ3) is 1.38. The van der Waals surface area contributed by atoms with Crippen LogP contribution < -0.4 is 4.74 Å². The first-order valence-corrected chi connectivity index (χ1v) is 5.40. The molecule has 0 saturated carbocycles. The number of pyridine rings is 1. The molecule has 0 atom stereocenters. The van der Waals surface area contributed by atoms with Gasteiger partial charge in [-0.3, -0.25) is 0 Å². The smallest absolute Gasteiger partial charge is 0.251 e. The number of methoxy groups -OCH3 is 1. The van der Waals surface area contributed by atoms with Gasteiger partial charge in [0.15, 0.2) is 9.73 Å². The maximum absolute atomic E-state index is 13.5. The minimum absolute atomic E-state index is 0.0196. The molecule has 0 unspecified atom stereocenters. The molecule has 0 N–H and O–H groups in total. The fourth-order valence-corrected chi connectivity index (χ4v) is 2.51. The number of ether oxygens (including phenoxy) is 1. The molecule has 2 heterocycles. The van der Waals surface area contributed by atoms with Gasteiger partial charge in [0.05, 0.1) is 7.11 Å². The van der Waals surface area contributed by atoms with Crippen molar-refractivity contribution >= 4 is 37.6 Å². The van der Waals surface area contributed by atoms with Crippen LogP contribution in [0.4, 0.5) is 4.39 Å². The van der Waals surface area contributed by atoms with Gasteiger partial charge >= 0.3 is 0 Å². The Hall–Kier alpha value is -0.750. The molecule has 0 aromatic carbocycles. The van der Waals surface area contributed by atoms with Crippen LogP contribution in [-0.4, -0.2) is 17.1 Å². The maximum Gasteiger partial charge on any atom is 0.251 e. The zero-order chi connectivity index (χ0) is 10.3. The zero-order valence-corrected chi connectivity index (χ0v) is 9.87. The van der Waals surface area contributed by atoms with Crippen molar-refractivity contribution in [3.8, 4) is 5.88 Å². The van der Waals surface area contributed by atoms with Gasteiger partial charge in [-0.05, 0) is 22.9 Å². The molecule has 0 radical (unpaired) electrons. The van der Waals surface area contributed by atoms with Crippen molar-refractivity contribution < 1.29 is 9.13 Å². The molecule has 0 spiro atoms. The van der Waals surface area contributed by atoms with Crippen molar-refractivity contribution in [3.63, 3.8) is 0 Å². The molecule has 0 aliphatic rings. The highest BCUT2D eigenvalue weighted by atomic mass is 79.9. The number of nitrogens with zero attached hydrogens (tertiary/aromatic N) is 2. The number of rotatable bonds is 1. The Morgan fingerprint density at radius 2 is 2.14 bits per heavy atom. The zero-order valence-electron chi connectivity index (χ0n) is 7.47. The lowest BCUT2D eigenvalue weighted by Crippen LogP contribution is -1.95. The van der Waals surface area contributed by atoms with Crippen molar-refractivity contribution in [2.75, 3.05) is 7.11 Å². The first kappa shape index (κ1) is 9.79. The second-order valence-electron chi connectivity index (χ2n) is 2.68. The molecule has 2 aromatic rings. The Labute approximate surface area is 92.1 Å². The third-order valence-electron chi connectivity index (χ3n) is 1.85. The Bertz CT molecular complexity index is 500. The van der Waals surface area contributed by atoms with Gasteiger partial charge in [-0.25, -0.2) is 9.37 Å². The number of aryl methyl sites for hydroxylation is 1. The summed E-state index contributed by atoms with van der Waals surface area (Å²) in [5.74, 6) is -0.427. The fourth-order valence-electron chi connectivity index (χ4n) is 1.15. The third-order valence-corrected chi connectivity index (χ3v) is 3.25. The van der Waals surface area contributed by atoms with Gasteiger partial charge < -0.3 is 4.74 Å². The van der Waals surface area contributed by atoms with Crippen LogP contribution in [-0.2, 0) is 0 Å². The molecule has 0 aliphatic heterocycles. The highest BCUT2D eigenvalue weighted by molar-refractivity contribution is 9.11. The van der Waals surface area contributed by atoms with Crippen LogP contribution in [0.1, 0.15) is 5.56 Å². The average Bonchev–Trinajstić information content (AvgIpc) is 2.52. The van der Waals surface area contributed by atoms with E-state index in [1.54, 1.807) is 6.92 Å². The van der Waals surface area contributed by atoms with Crippen molar-refractivity contribution in [1.29, 1.82) is 0 Å². The van der Waals surface area contributed by atoms with E-state index in [1.807, 2.05) is 0 Å². The number of hydrogen-bond acceptors (Lipinski definition) is 4. The lowest BCUT2D eigenvalue weighted by atomic mass is 10.2. The normalized spacial score (nSPS) is 10.9. The fraction of sp³-hybridized carbons (Fsp3) is 0.250.